The SMILES string of the molecule is CC(C)(F)Cc1ccccc1C(C)(C)N. The van der Waals surface area contributed by atoms with Gasteiger partial charge in [-0.3, -0.25) is 0 Å². The van der Waals surface area contributed by atoms with Crippen molar-refractivity contribution in [3.05, 3.63) is 35.4 Å². The first-order valence-electron chi connectivity index (χ1n) is 5.26. The third-order valence-electron chi connectivity index (χ3n) is 2.32. The lowest BCUT2D eigenvalue weighted by molar-refractivity contribution is 0.216. The summed E-state index contributed by atoms with van der Waals surface area (Å²) in [5, 5.41) is 0. The Morgan fingerprint density at radius 2 is 1.67 bits per heavy atom. The fourth-order valence-corrected chi connectivity index (χ4v) is 1.76. The zero-order chi connectivity index (χ0) is 11.7. The van der Waals surface area contributed by atoms with Gasteiger partial charge in [0.25, 0.3) is 0 Å². The number of benzene rings is 1. The van der Waals surface area contributed by atoms with Crippen LogP contribution in [0.1, 0.15) is 38.8 Å². The molecule has 0 heterocycles. The maximum absolute atomic E-state index is 13.6. The smallest absolute Gasteiger partial charge is 0.109 e. The zero-order valence-electron chi connectivity index (χ0n) is 9.97. The molecule has 84 valence electrons. The van der Waals surface area contributed by atoms with Crippen LogP contribution in [0.4, 0.5) is 4.39 Å². The summed E-state index contributed by atoms with van der Waals surface area (Å²) in [4.78, 5) is 0. The van der Waals surface area contributed by atoms with Crippen molar-refractivity contribution >= 4 is 0 Å². The van der Waals surface area contributed by atoms with Gasteiger partial charge in [0.05, 0.1) is 0 Å². The van der Waals surface area contributed by atoms with E-state index in [1.165, 1.54) is 0 Å². The molecule has 0 spiro atoms. The molecule has 0 saturated carbocycles. The third kappa shape index (κ3) is 3.63. The topological polar surface area (TPSA) is 26.0 Å². The van der Waals surface area contributed by atoms with Crippen molar-refractivity contribution in [2.75, 3.05) is 0 Å². The standard InChI is InChI=1S/C13H20FN/c1-12(2,14)9-10-7-5-6-8-11(10)13(3,4)15/h5-8H,9,15H2,1-4H3. The van der Waals surface area contributed by atoms with Gasteiger partial charge in [-0.05, 0) is 38.8 Å². The second kappa shape index (κ2) is 3.93. The summed E-state index contributed by atoms with van der Waals surface area (Å²) < 4.78 is 13.6. The van der Waals surface area contributed by atoms with E-state index in [0.29, 0.717) is 6.42 Å². The summed E-state index contributed by atoms with van der Waals surface area (Å²) in [5.74, 6) is 0. The second-order valence-corrected chi connectivity index (χ2v) is 5.27. The highest BCUT2D eigenvalue weighted by molar-refractivity contribution is 5.33. The monoisotopic (exact) mass is 209 g/mol. The highest BCUT2D eigenvalue weighted by atomic mass is 19.1. The molecular formula is C13H20FN. The van der Waals surface area contributed by atoms with E-state index in [2.05, 4.69) is 0 Å². The minimum Gasteiger partial charge on any atom is -0.322 e. The first kappa shape index (κ1) is 12.2. The Bertz CT molecular complexity index is 331. The maximum atomic E-state index is 13.6. The lowest BCUT2D eigenvalue weighted by Gasteiger charge is -2.25. The molecule has 0 aliphatic heterocycles. The lowest BCUT2D eigenvalue weighted by atomic mass is 9.87. The van der Waals surface area contributed by atoms with Crippen LogP contribution in [0.15, 0.2) is 24.3 Å². The van der Waals surface area contributed by atoms with E-state index < -0.39 is 11.2 Å². The van der Waals surface area contributed by atoms with Gasteiger partial charge in [0, 0.05) is 12.0 Å². The minimum atomic E-state index is -1.19. The van der Waals surface area contributed by atoms with E-state index in [1.54, 1.807) is 13.8 Å². The van der Waals surface area contributed by atoms with Crippen molar-refractivity contribution < 1.29 is 4.39 Å². The number of halogens is 1. The molecule has 1 nitrogen and oxygen atoms in total. The first-order valence-corrected chi connectivity index (χ1v) is 5.26. The maximum Gasteiger partial charge on any atom is 0.109 e. The fourth-order valence-electron chi connectivity index (χ4n) is 1.76. The number of hydrogen-bond donors (Lipinski definition) is 1. The molecular weight excluding hydrogens is 189 g/mol. The number of rotatable bonds is 3. The number of nitrogens with two attached hydrogens (primary N) is 1. The molecule has 1 aromatic rings. The molecule has 1 aromatic carbocycles. The van der Waals surface area contributed by atoms with Crippen molar-refractivity contribution in [3.63, 3.8) is 0 Å². The first-order chi connectivity index (χ1) is 6.70. The highest BCUT2D eigenvalue weighted by Gasteiger charge is 2.23. The Hall–Kier alpha value is -0.890. The molecule has 0 aliphatic rings. The van der Waals surface area contributed by atoms with Gasteiger partial charge in [0.1, 0.15) is 5.67 Å². The van der Waals surface area contributed by atoms with Crippen LogP contribution in [0.25, 0.3) is 0 Å². The van der Waals surface area contributed by atoms with Gasteiger partial charge >= 0.3 is 0 Å². The van der Waals surface area contributed by atoms with Gasteiger partial charge in [0.15, 0.2) is 0 Å². The average Bonchev–Trinajstić information content (AvgIpc) is 1.99. The molecule has 0 saturated heterocycles. The molecule has 0 aromatic heterocycles. The summed E-state index contributed by atoms with van der Waals surface area (Å²) in [5.41, 5.74) is 6.47. The lowest BCUT2D eigenvalue weighted by Crippen LogP contribution is -2.31. The number of alkyl halides is 1. The van der Waals surface area contributed by atoms with Crippen LogP contribution in [0.3, 0.4) is 0 Å². The van der Waals surface area contributed by atoms with Crippen molar-refractivity contribution in [2.24, 2.45) is 5.73 Å². The summed E-state index contributed by atoms with van der Waals surface area (Å²) in [7, 11) is 0. The molecule has 0 atom stereocenters. The highest BCUT2D eigenvalue weighted by Crippen LogP contribution is 2.25. The third-order valence-corrected chi connectivity index (χ3v) is 2.32. The number of hydrogen-bond acceptors (Lipinski definition) is 1. The van der Waals surface area contributed by atoms with E-state index in [9.17, 15) is 4.39 Å². The molecule has 0 amide bonds. The van der Waals surface area contributed by atoms with Crippen LogP contribution in [0.5, 0.6) is 0 Å². The molecule has 0 bridgehead atoms. The molecule has 15 heavy (non-hydrogen) atoms. The van der Waals surface area contributed by atoms with Crippen LogP contribution < -0.4 is 5.73 Å². The average molecular weight is 209 g/mol. The molecule has 0 radical (unpaired) electrons. The molecule has 0 aliphatic carbocycles. The van der Waals surface area contributed by atoms with Crippen LogP contribution in [-0.4, -0.2) is 5.67 Å². The molecule has 0 unspecified atom stereocenters. The van der Waals surface area contributed by atoms with Gasteiger partial charge in [-0.25, -0.2) is 4.39 Å². The van der Waals surface area contributed by atoms with Crippen molar-refractivity contribution in [1.82, 2.24) is 0 Å². The largest absolute Gasteiger partial charge is 0.322 e. The predicted molar refractivity (Wildman–Crippen MR) is 62.5 cm³/mol. The summed E-state index contributed by atoms with van der Waals surface area (Å²) in [6.45, 7) is 7.06. The second-order valence-electron chi connectivity index (χ2n) is 5.27. The molecule has 1 rings (SSSR count). The van der Waals surface area contributed by atoms with Gasteiger partial charge in [-0.1, -0.05) is 24.3 Å². The van der Waals surface area contributed by atoms with E-state index in [1.807, 2.05) is 38.1 Å². The van der Waals surface area contributed by atoms with E-state index >= 15 is 0 Å². The Morgan fingerprint density at radius 1 is 1.13 bits per heavy atom. The Balaban J connectivity index is 3.08. The van der Waals surface area contributed by atoms with Gasteiger partial charge in [-0.2, -0.15) is 0 Å². The van der Waals surface area contributed by atoms with Crippen molar-refractivity contribution in [1.29, 1.82) is 0 Å². The van der Waals surface area contributed by atoms with Gasteiger partial charge in [0.2, 0.25) is 0 Å². The van der Waals surface area contributed by atoms with E-state index in [4.69, 9.17) is 5.73 Å². The van der Waals surface area contributed by atoms with Crippen LogP contribution in [0, 0.1) is 0 Å². The Labute approximate surface area is 91.5 Å². The van der Waals surface area contributed by atoms with Crippen molar-refractivity contribution in [2.45, 2.75) is 45.3 Å². The van der Waals surface area contributed by atoms with Crippen LogP contribution in [-0.2, 0) is 12.0 Å². The Kier molecular flexibility index (Phi) is 3.19. The summed E-state index contributed by atoms with van der Waals surface area (Å²) in [6.07, 6.45) is 0.407. The van der Waals surface area contributed by atoms with E-state index in [0.717, 1.165) is 11.1 Å². The van der Waals surface area contributed by atoms with Crippen LogP contribution >= 0.6 is 0 Å². The molecule has 2 N–H and O–H groups in total. The Morgan fingerprint density at radius 3 is 2.13 bits per heavy atom. The van der Waals surface area contributed by atoms with Gasteiger partial charge in [-0.15, -0.1) is 0 Å². The van der Waals surface area contributed by atoms with Gasteiger partial charge < -0.3 is 5.73 Å². The summed E-state index contributed by atoms with van der Waals surface area (Å²) in [6, 6.07) is 7.79. The quantitative estimate of drug-likeness (QED) is 0.813. The van der Waals surface area contributed by atoms with Crippen molar-refractivity contribution in [3.8, 4) is 0 Å². The predicted octanol–water partition coefficient (Wildman–Crippen LogP) is 3.17. The zero-order valence-corrected chi connectivity index (χ0v) is 9.97. The van der Waals surface area contributed by atoms with E-state index in [-0.39, 0.29) is 0 Å². The van der Waals surface area contributed by atoms with Crippen LogP contribution in [0.2, 0.25) is 0 Å². The summed E-state index contributed by atoms with van der Waals surface area (Å²) >= 11 is 0. The molecule has 2 heteroatoms. The molecule has 0 fully saturated rings. The normalized spacial score (nSPS) is 12.9. The minimum absolute atomic E-state index is 0.407. The fraction of sp³-hybridized carbons (Fsp3) is 0.538.